The van der Waals surface area contributed by atoms with Gasteiger partial charge in [-0.1, -0.05) is 82.4 Å². The van der Waals surface area contributed by atoms with Crippen molar-refractivity contribution in [2.75, 3.05) is 26.4 Å². The minimum absolute atomic E-state index is 0.414. The average Bonchev–Trinajstić information content (AvgIpc) is 3.49. The van der Waals surface area contributed by atoms with Crippen molar-refractivity contribution in [3.05, 3.63) is 30.3 Å². The van der Waals surface area contributed by atoms with E-state index in [9.17, 15) is 0 Å². The van der Waals surface area contributed by atoms with Crippen LogP contribution in [-0.2, 0) is 9.47 Å². The molecule has 1 aliphatic rings. The monoisotopic (exact) mass is 362 g/mol. The highest BCUT2D eigenvalue weighted by atomic mass is 16.6. The number of epoxide rings is 1. The van der Waals surface area contributed by atoms with E-state index in [4.69, 9.17) is 14.2 Å². The summed E-state index contributed by atoms with van der Waals surface area (Å²) >= 11 is 0. The summed E-state index contributed by atoms with van der Waals surface area (Å²) in [6.45, 7) is 3.47. The SMILES string of the molecule is c1ccc(OCCCCCCCCCCCCCCOCC2CO2)cc1. The minimum atomic E-state index is 0.414. The lowest BCUT2D eigenvalue weighted by atomic mass is 10.1. The van der Waals surface area contributed by atoms with Gasteiger partial charge in [0, 0.05) is 6.61 Å². The summed E-state index contributed by atoms with van der Waals surface area (Å²) in [7, 11) is 0. The van der Waals surface area contributed by atoms with Gasteiger partial charge in [-0.15, -0.1) is 0 Å². The molecule has 1 heterocycles. The summed E-state index contributed by atoms with van der Waals surface area (Å²) in [6, 6.07) is 10.1. The molecule has 2 rings (SSSR count). The van der Waals surface area contributed by atoms with E-state index in [1.807, 2.05) is 30.3 Å². The molecule has 1 saturated heterocycles. The summed E-state index contributed by atoms with van der Waals surface area (Å²) in [5.41, 5.74) is 0. The van der Waals surface area contributed by atoms with E-state index in [2.05, 4.69) is 0 Å². The fraction of sp³-hybridized carbons (Fsp3) is 0.739. The van der Waals surface area contributed by atoms with Crippen LogP contribution in [0.2, 0.25) is 0 Å². The Morgan fingerprint density at radius 3 is 1.73 bits per heavy atom. The van der Waals surface area contributed by atoms with Crippen molar-refractivity contribution in [2.45, 2.75) is 83.2 Å². The molecule has 0 saturated carbocycles. The largest absolute Gasteiger partial charge is 0.494 e. The fourth-order valence-electron chi connectivity index (χ4n) is 3.16. The van der Waals surface area contributed by atoms with Crippen LogP contribution in [0, 0.1) is 0 Å². The normalized spacial score (nSPS) is 15.9. The number of ether oxygens (including phenoxy) is 3. The van der Waals surface area contributed by atoms with Gasteiger partial charge < -0.3 is 14.2 Å². The van der Waals surface area contributed by atoms with Gasteiger partial charge in [0.25, 0.3) is 0 Å². The highest BCUT2D eigenvalue weighted by Gasteiger charge is 2.21. The van der Waals surface area contributed by atoms with Crippen molar-refractivity contribution in [2.24, 2.45) is 0 Å². The van der Waals surface area contributed by atoms with Gasteiger partial charge in [-0.25, -0.2) is 0 Å². The van der Waals surface area contributed by atoms with Crippen molar-refractivity contribution >= 4 is 0 Å². The molecule has 0 aromatic heterocycles. The van der Waals surface area contributed by atoms with Gasteiger partial charge in [-0.2, -0.15) is 0 Å². The van der Waals surface area contributed by atoms with Crippen LogP contribution in [0.4, 0.5) is 0 Å². The zero-order chi connectivity index (χ0) is 18.1. The first-order chi connectivity index (χ1) is 12.9. The van der Waals surface area contributed by atoms with Gasteiger partial charge in [-0.3, -0.25) is 0 Å². The molecule has 1 aromatic rings. The molecule has 0 N–H and O–H groups in total. The predicted octanol–water partition coefficient (Wildman–Crippen LogP) is 6.16. The molecule has 0 bridgehead atoms. The van der Waals surface area contributed by atoms with Crippen LogP contribution in [-0.4, -0.2) is 32.5 Å². The van der Waals surface area contributed by atoms with E-state index in [1.54, 1.807) is 0 Å². The molecule has 0 aliphatic carbocycles. The fourth-order valence-corrected chi connectivity index (χ4v) is 3.16. The molecule has 148 valence electrons. The Bertz CT molecular complexity index is 417. The first kappa shape index (κ1) is 21.2. The lowest BCUT2D eigenvalue weighted by Crippen LogP contribution is -2.02. The molecule has 1 unspecified atom stereocenters. The first-order valence-corrected chi connectivity index (χ1v) is 10.8. The van der Waals surface area contributed by atoms with E-state index in [0.29, 0.717) is 6.10 Å². The van der Waals surface area contributed by atoms with Gasteiger partial charge in [-0.05, 0) is 25.0 Å². The third kappa shape index (κ3) is 12.3. The molecule has 1 atom stereocenters. The Morgan fingerprint density at radius 1 is 0.692 bits per heavy atom. The third-order valence-corrected chi connectivity index (χ3v) is 4.90. The van der Waals surface area contributed by atoms with E-state index in [0.717, 1.165) is 32.2 Å². The molecule has 0 amide bonds. The molecule has 0 radical (unpaired) electrons. The van der Waals surface area contributed by atoms with Crippen LogP contribution in [0.15, 0.2) is 30.3 Å². The summed E-state index contributed by atoms with van der Waals surface area (Å²) < 4.78 is 16.4. The van der Waals surface area contributed by atoms with Crippen LogP contribution in [0.5, 0.6) is 5.75 Å². The van der Waals surface area contributed by atoms with Crippen LogP contribution in [0.1, 0.15) is 77.0 Å². The topological polar surface area (TPSA) is 31.0 Å². The Kier molecular flexibility index (Phi) is 12.3. The maximum absolute atomic E-state index is 5.72. The Morgan fingerprint density at radius 2 is 1.19 bits per heavy atom. The quantitative estimate of drug-likeness (QED) is 0.231. The van der Waals surface area contributed by atoms with Gasteiger partial charge in [0.05, 0.1) is 19.8 Å². The number of hydrogen-bond acceptors (Lipinski definition) is 3. The summed E-state index contributed by atoms with van der Waals surface area (Å²) in [5.74, 6) is 0.993. The minimum Gasteiger partial charge on any atom is -0.494 e. The summed E-state index contributed by atoms with van der Waals surface area (Å²) in [5, 5.41) is 0. The van der Waals surface area contributed by atoms with E-state index in [1.165, 1.54) is 77.0 Å². The number of hydrogen-bond donors (Lipinski definition) is 0. The zero-order valence-electron chi connectivity index (χ0n) is 16.5. The van der Waals surface area contributed by atoms with E-state index < -0.39 is 0 Å². The van der Waals surface area contributed by atoms with Crippen molar-refractivity contribution in [3.63, 3.8) is 0 Å². The van der Waals surface area contributed by atoms with Gasteiger partial charge in [0.15, 0.2) is 0 Å². The second kappa shape index (κ2) is 15.0. The highest BCUT2D eigenvalue weighted by Crippen LogP contribution is 2.13. The second-order valence-corrected chi connectivity index (χ2v) is 7.43. The number of rotatable bonds is 18. The average molecular weight is 363 g/mol. The molecule has 26 heavy (non-hydrogen) atoms. The van der Waals surface area contributed by atoms with Crippen LogP contribution >= 0.6 is 0 Å². The molecule has 3 heteroatoms. The number of benzene rings is 1. The van der Waals surface area contributed by atoms with E-state index >= 15 is 0 Å². The van der Waals surface area contributed by atoms with Crippen molar-refractivity contribution in [1.82, 2.24) is 0 Å². The summed E-state index contributed by atoms with van der Waals surface area (Å²) in [4.78, 5) is 0. The lowest BCUT2D eigenvalue weighted by molar-refractivity contribution is 0.113. The molecular formula is C23H38O3. The summed E-state index contributed by atoms with van der Waals surface area (Å²) in [6.07, 6.45) is 16.5. The highest BCUT2D eigenvalue weighted by molar-refractivity contribution is 5.20. The van der Waals surface area contributed by atoms with Crippen LogP contribution in [0.3, 0.4) is 0 Å². The first-order valence-electron chi connectivity index (χ1n) is 10.8. The lowest BCUT2D eigenvalue weighted by Gasteiger charge is -2.06. The van der Waals surface area contributed by atoms with Gasteiger partial charge >= 0.3 is 0 Å². The number of para-hydroxylation sites is 1. The molecule has 1 fully saturated rings. The van der Waals surface area contributed by atoms with Gasteiger partial charge in [0.1, 0.15) is 11.9 Å². The molecule has 0 spiro atoms. The Balaban J connectivity index is 1.20. The standard InChI is InChI=1S/C23H38O3/c1(3-5-7-9-14-18-24-20-23-21-26-23)2-4-6-8-10-15-19-25-22-16-12-11-13-17-22/h11-13,16-17,23H,1-10,14-15,18-21H2. The second-order valence-electron chi connectivity index (χ2n) is 7.43. The third-order valence-electron chi connectivity index (χ3n) is 4.90. The van der Waals surface area contributed by atoms with Crippen LogP contribution < -0.4 is 4.74 Å². The Labute approximate surface area is 160 Å². The number of unbranched alkanes of at least 4 members (excludes halogenated alkanes) is 11. The van der Waals surface area contributed by atoms with Crippen LogP contribution in [0.25, 0.3) is 0 Å². The maximum Gasteiger partial charge on any atom is 0.119 e. The van der Waals surface area contributed by atoms with Gasteiger partial charge in [0.2, 0.25) is 0 Å². The smallest absolute Gasteiger partial charge is 0.119 e. The molecular weight excluding hydrogens is 324 g/mol. The Hall–Kier alpha value is -1.06. The zero-order valence-corrected chi connectivity index (χ0v) is 16.5. The van der Waals surface area contributed by atoms with Crippen molar-refractivity contribution < 1.29 is 14.2 Å². The molecule has 3 nitrogen and oxygen atoms in total. The maximum atomic E-state index is 5.72. The molecule has 1 aliphatic heterocycles. The molecule has 1 aromatic carbocycles. The van der Waals surface area contributed by atoms with Crippen molar-refractivity contribution in [1.29, 1.82) is 0 Å². The van der Waals surface area contributed by atoms with E-state index in [-0.39, 0.29) is 0 Å². The van der Waals surface area contributed by atoms with Crippen molar-refractivity contribution in [3.8, 4) is 5.75 Å². The predicted molar refractivity (Wildman–Crippen MR) is 108 cm³/mol.